The summed E-state index contributed by atoms with van der Waals surface area (Å²) in [6.07, 6.45) is 4.06. The molecule has 1 fully saturated rings. The van der Waals surface area contributed by atoms with Crippen LogP contribution in [0, 0.1) is 0 Å². The standard InChI is InChI=1S/C25H21Cl2N5O3S/c1-31-12-3-13-32(36(31,34)35)17-6-7-18(22(27)15-17)25(33)30-16-5-8-21(26)20(14-16)24-19-4-2-10-28-23(19)9-11-29-24/h2,4-11,14-15H,3,12-13H2,1H3,(H,30,33). The summed E-state index contributed by atoms with van der Waals surface area (Å²) in [5.74, 6) is -0.439. The maximum absolute atomic E-state index is 13.1. The van der Waals surface area contributed by atoms with Gasteiger partial charge in [-0.05, 0) is 61.0 Å². The lowest BCUT2D eigenvalue weighted by Gasteiger charge is -2.34. The minimum atomic E-state index is -3.62. The number of anilines is 2. The van der Waals surface area contributed by atoms with Crippen LogP contribution in [-0.4, -0.2) is 48.7 Å². The fraction of sp³-hybridized carbons (Fsp3) is 0.160. The molecule has 3 heterocycles. The van der Waals surface area contributed by atoms with Gasteiger partial charge in [0.25, 0.3) is 5.91 Å². The van der Waals surface area contributed by atoms with E-state index in [9.17, 15) is 13.2 Å². The van der Waals surface area contributed by atoms with Crippen molar-refractivity contribution in [3.05, 3.63) is 82.6 Å². The number of fused-ring (bicyclic) bond motifs is 1. The summed E-state index contributed by atoms with van der Waals surface area (Å²) in [7, 11) is -2.08. The van der Waals surface area contributed by atoms with Gasteiger partial charge in [0, 0.05) is 49.2 Å². The molecule has 0 spiro atoms. The second-order valence-electron chi connectivity index (χ2n) is 8.30. The number of rotatable bonds is 4. The molecule has 0 aliphatic carbocycles. The maximum Gasteiger partial charge on any atom is 0.303 e. The Morgan fingerprint density at radius 2 is 1.81 bits per heavy atom. The molecule has 2 aromatic heterocycles. The topological polar surface area (TPSA) is 95.5 Å². The summed E-state index contributed by atoms with van der Waals surface area (Å²) in [6, 6.07) is 15.3. The third kappa shape index (κ3) is 4.51. The molecule has 36 heavy (non-hydrogen) atoms. The Morgan fingerprint density at radius 1 is 0.972 bits per heavy atom. The lowest BCUT2D eigenvalue weighted by molar-refractivity contribution is 0.102. The Kier molecular flexibility index (Phi) is 6.57. The summed E-state index contributed by atoms with van der Waals surface area (Å²) in [5.41, 5.74) is 3.20. The van der Waals surface area contributed by atoms with Gasteiger partial charge in [0.05, 0.1) is 32.5 Å². The van der Waals surface area contributed by atoms with Crippen LogP contribution in [0.3, 0.4) is 0 Å². The fourth-order valence-electron chi connectivity index (χ4n) is 4.14. The van der Waals surface area contributed by atoms with E-state index in [1.165, 1.54) is 27.8 Å². The summed E-state index contributed by atoms with van der Waals surface area (Å²) in [5, 5.41) is 4.30. The molecule has 5 rings (SSSR count). The van der Waals surface area contributed by atoms with Crippen molar-refractivity contribution in [2.75, 3.05) is 29.8 Å². The average molecular weight is 542 g/mol. The number of carbonyl (C=O) groups excluding carboxylic acids is 1. The lowest BCUT2D eigenvalue weighted by Crippen LogP contribution is -2.48. The van der Waals surface area contributed by atoms with E-state index in [1.54, 1.807) is 36.7 Å². The molecule has 0 bridgehead atoms. The number of pyridine rings is 2. The summed E-state index contributed by atoms with van der Waals surface area (Å²) in [4.78, 5) is 21.9. The largest absolute Gasteiger partial charge is 0.322 e. The number of hydrogen-bond acceptors (Lipinski definition) is 5. The number of benzene rings is 2. The number of halogens is 2. The smallest absolute Gasteiger partial charge is 0.303 e. The van der Waals surface area contributed by atoms with Gasteiger partial charge in [-0.15, -0.1) is 0 Å². The minimum absolute atomic E-state index is 0.143. The molecule has 1 N–H and O–H groups in total. The van der Waals surface area contributed by atoms with E-state index in [-0.39, 0.29) is 10.6 Å². The molecule has 1 aliphatic rings. The third-order valence-corrected chi connectivity index (χ3v) is 8.56. The van der Waals surface area contributed by atoms with E-state index in [0.29, 0.717) is 47.2 Å². The van der Waals surface area contributed by atoms with E-state index in [1.807, 2.05) is 18.2 Å². The highest BCUT2D eigenvalue weighted by Crippen LogP contribution is 2.34. The van der Waals surface area contributed by atoms with Crippen LogP contribution in [0.5, 0.6) is 0 Å². The predicted octanol–water partition coefficient (Wildman–Crippen LogP) is 5.24. The maximum atomic E-state index is 13.1. The number of hydrogen-bond donors (Lipinski definition) is 1. The van der Waals surface area contributed by atoms with Crippen molar-refractivity contribution in [1.82, 2.24) is 14.3 Å². The highest BCUT2D eigenvalue weighted by Gasteiger charge is 2.31. The predicted molar refractivity (Wildman–Crippen MR) is 143 cm³/mol. The summed E-state index contributed by atoms with van der Waals surface area (Å²) < 4.78 is 27.9. The Balaban J connectivity index is 1.42. The van der Waals surface area contributed by atoms with Crippen molar-refractivity contribution >= 4 is 61.6 Å². The van der Waals surface area contributed by atoms with Crippen LogP contribution in [0.15, 0.2) is 67.0 Å². The number of nitrogens with one attached hydrogen (secondary N) is 1. The fourth-order valence-corrected chi connectivity index (χ4v) is 6.05. The number of aromatic nitrogens is 2. The van der Waals surface area contributed by atoms with E-state index >= 15 is 0 Å². The highest BCUT2D eigenvalue weighted by molar-refractivity contribution is 7.90. The first-order valence-corrected chi connectivity index (χ1v) is 13.3. The van der Waals surface area contributed by atoms with E-state index in [4.69, 9.17) is 23.2 Å². The van der Waals surface area contributed by atoms with Gasteiger partial charge >= 0.3 is 10.2 Å². The zero-order valence-corrected chi connectivity index (χ0v) is 21.5. The normalized spacial score (nSPS) is 15.7. The van der Waals surface area contributed by atoms with Gasteiger partial charge in [-0.1, -0.05) is 23.2 Å². The van der Waals surface area contributed by atoms with Crippen molar-refractivity contribution in [1.29, 1.82) is 0 Å². The molecule has 0 saturated carbocycles. The Hall–Kier alpha value is -3.24. The Labute approximate surface area is 218 Å². The number of amides is 1. The van der Waals surface area contributed by atoms with Crippen LogP contribution in [0.25, 0.3) is 22.2 Å². The first kappa shape index (κ1) is 24.5. The monoisotopic (exact) mass is 541 g/mol. The van der Waals surface area contributed by atoms with Gasteiger partial charge in [-0.25, -0.2) is 0 Å². The zero-order chi connectivity index (χ0) is 25.4. The van der Waals surface area contributed by atoms with Crippen LogP contribution in [0.4, 0.5) is 11.4 Å². The molecule has 0 radical (unpaired) electrons. The third-order valence-electron chi connectivity index (χ3n) is 6.00. The Morgan fingerprint density at radius 3 is 2.61 bits per heavy atom. The summed E-state index contributed by atoms with van der Waals surface area (Å²) >= 11 is 12.9. The van der Waals surface area contributed by atoms with E-state index in [2.05, 4.69) is 15.3 Å². The van der Waals surface area contributed by atoms with Gasteiger partial charge in [0.2, 0.25) is 0 Å². The van der Waals surface area contributed by atoms with Gasteiger partial charge < -0.3 is 5.32 Å². The Bertz CT molecular complexity index is 1590. The molecule has 184 valence electrons. The van der Waals surface area contributed by atoms with E-state index in [0.717, 1.165) is 10.9 Å². The molecule has 0 atom stereocenters. The average Bonchev–Trinajstić information content (AvgIpc) is 2.86. The van der Waals surface area contributed by atoms with Crippen molar-refractivity contribution in [2.45, 2.75) is 6.42 Å². The molecule has 1 saturated heterocycles. The first-order chi connectivity index (χ1) is 17.3. The second kappa shape index (κ2) is 9.67. The second-order valence-corrected chi connectivity index (χ2v) is 11.1. The van der Waals surface area contributed by atoms with Crippen LogP contribution in [0.1, 0.15) is 16.8 Å². The van der Waals surface area contributed by atoms with Crippen molar-refractivity contribution in [3.63, 3.8) is 0 Å². The van der Waals surface area contributed by atoms with Crippen LogP contribution < -0.4 is 9.62 Å². The van der Waals surface area contributed by atoms with Crippen molar-refractivity contribution < 1.29 is 13.2 Å². The molecular weight excluding hydrogens is 521 g/mol. The summed E-state index contributed by atoms with van der Waals surface area (Å²) in [6.45, 7) is 0.806. The SMILES string of the molecule is CN1CCCN(c2ccc(C(=O)Nc3ccc(Cl)c(-c4nccc5ncccc45)c3)c(Cl)c2)S1(=O)=O. The molecule has 1 amide bonds. The lowest BCUT2D eigenvalue weighted by atomic mass is 10.1. The van der Waals surface area contributed by atoms with Crippen molar-refractivity contribution in [3.8, 4) is 11.3 Å². The first-order valence-electron chi connectivity index (χ1n) is 11.1. The zero-order valence-electron chi connectivity index (χ0n) is 19.1. The quantitative estimate of drug-likeness (QED) is 0.381. The van der Waals surface area contributed by atoms with Gasteiger partial charge in [0.15, 0.2) is 0 Å². The minimum Gasteiger partial charge on any atom is -0.322 e. The van der Waals surface area contributed by atoms with Crippen molar-refractivity contribution in [2.24, 2.45) is 0 Å². The van der Waals surface area contributed by atoms with Crippen LogP contribution in [0.2, 0.25) is 10.0 Å². The molecule has 1 aliphatic heterocycles. The van der Waals surface area contributed by atoms with Crippen LogP contribution >= 0.6 is 23.2 Å². The van der Waals surface area contributed by atoms with Crippen LogP contribution in [-0.2, 0) is 10.2 Å². The van der Waals surface area contributed by atoms with Gasteiger partial charge in [-0.2, -0.15) is 12.7 Å². The molecule has 4 aromatic rings. The molecule has 11 heteroatoms. The molecule has 8 nitrogen and oxygen atoms in total. The molecular formula is C25H21Cl2N5O3S. The van der Waals surface area contributed by atoms with Gasteiger partial charge in [0.1, 0.15) is 0 Å². The van der Waals surface area contributed by atoms with Gasteiger partial charge in [-0.3, -0.25) is 19.1 Å². The van der Waals surface area contributed by atoms with E-state index < -0.39 is 16.1 Å². The highest BCUT2D eigenvalue weighted by atomic mass is 35.5. The number of carbonyl (C=O) groups is 1. The number of nitrogens with zero attached hydrogens (tertiary/aromatic N) is 4. The molecule has 0 unspecified atom stereocenters. The molecule has 2 aromatic carbocycles.